The number of benzene rings is 1. The summed E-state index contributed by atoms with van der Waals surface area (Å²) >= 11 is 0. The van der Waals surface area contributed by atoms with Crippen molar-refractivity contribution in [1.29, 1.82) is 0 Å². The van der Waals surface area contributed by atoms with Gasteiger partial charge in [0.2, 0.25) is 11.8 Å². The first-order valence-corrected chi connectivity index (χ1v) is 6.29. The smallest absolute Gasteiger partial charge is 0.249 e. The third-order valence-electron chi connectivity index (χ3n) is 3.19. The number of carbonyl (C=O) groups excluding carboxylic acids is 2. The minimum atomic E-state index is -0.363. The molecule has 96 valence electrons. The molecule has 1 atom stereocenters. The molecule has 0 aromatic heterocycles. The average Bonchev–Trinajstić information content (AvgIpc) is 2.77. The largest absolute Gasteiger partial charge is 0.344 e. The Morgan fingerprint density at radius 2 is 2.28 bits per heavy atom. The zero-order valence-electron chi connectivity index (χ0n) is 10.8. The van der Waals surface area contributed by atoms with E-state index in [2.05, 4.69) is 5.32 Å². The summed E-state index contributed by atoms with van der Waals surface area (Å²) < 4.78 is 0. The van der Waals surface area contributed by atoms with Gasteiger partial charge in [-0.3, -0.25) is 9.59 Å². The summed E-state index contributed by atoms with van der Waals surface area (Å²) in [4.78, 5) is 25.2. The lowest BCUT2D eigenvalue weighted by Crippen LogP contribution is -2.44. The molecule has 4 heteroatoms. The summed E-state index contributed by atoms with van der Waals surface area (Å²) in [6.45, 7) is 4.55. The van der Waals surface area contributed by atoms with Gasteiger partial charge in [-0.2, -0.15) is 0 Å². The Morgan fingerprint density at radius 3 is 2.83 bits per heavy atom. The number of nitrogens with one attached hydrogen (secondary N) is 1. The van der Waals surface area contributed by atoms with Gasteiger partial charge < -0.3 is 10.2 Å². The summed E-state index contributed by atoms with van der Waals surface area (Å²) in [6, 6.07) is 7.48. The van der Waals surface area contributed by atoms with Crippen LogP contribution in [0.3, 0.4) is 0 Å². The van der Waals surface area contributed by atoms with Crippen LogP contribution in [0.4, 0.5) is 5.69 Å². The highest BCUT2D eigenvalue weighted by molar-refractivity contribution is 6.00. The zero-order chi connectivity index (χ0) is 13.1. The lowest BCUT2D eigenvalue weighted by Gasteiger charge is -2.24. The maximum atomic E-state index is 12.3. The molecule has 1 N–H and O–H groups in total. The van der Waals surface area contributed by atoms with E-state index in [9.17, 15) is 9.59 Å². The fourth-order valence-corrected chi connectivity index (χ4v) is 2.25. The highest BCUT2D eigenvalue weighted by Gasteiger charge is 2.30. The summed E-state index contributed by atoms with van der Waals surface area (Å²) in [5, 5.41) is 2.72. The van der Waals surface area contributed by atoms with Crippen LogP contribution in [0.1, 0.15) is 25.3 Å². The van der Waals surface area contributed by atoms with Crippen LogP contribution in [0.5, 0.6) is 0 Å². The SMILES string of the molecule is CCN(C(=O)C1CCC(=O)N1)c1cccc(C)c1. The van der Waals surface area contributed by atoms with Crippen molar-refractivity contribution in [3.8, 4) is 0 Å². The van der Waals surface area contributed by atoms with Gasteiger partial charge in [-0.25, -0.2) is 0 Å². The van der Waals surface area contributed by atoms with E-state index in [4.69, 9.17) is 0 Å². The normalized spacial score (nSPS) is 18.6. The second-order valence-corrected chi connectivity index (χ2v) is 4.58. The van der Waals surface area contributed by atoms with Crippen molar-refractivity contribution in [1.82, 2.24) is 5.32 Å². The molecule has 0 bridgehead atoms. The molecule has 1 aliphatic rings. The number of hydrogen-bond acceptors (Lipinski definition) is 2. The molecule has 18 heavy (non-hydrogen) atoms. The number of nitrogens with zero attached hydrogens (tertiary/aromatic N) is 1. The van der Waals surface area contributed by atoms with Crippen molar-refractivity contribution in [2.75, 3.05) is 11.4 Å². The predicted octanol–water partition coefficient (Wildman–Crippen LogP) is 1.63. The van der Waals surface area contributed by atoms with E-state index in [1.54, 1.807) is 4.90 Å². The van der Waals surface area contributed by atoms with E-state index >= 15 is 0 Å². The van der Waals surface area contributed by atoms with Crippen molar-refractivity contribution >= 4 is 17.5 Å². The number of carbonyl (C=O) groups is 2. The molecule has 1 fully saturated rings. The van der Waals surface area contributed by atoms with Crippen LogP contribution in [0.2, 0.25) is 0 Å². The van der Waals surface area contributed by atoms with Gasteiger partial charge in [0.15, 0.2) is 0 Å². The first kappa shape index (κ1) is 12.6. The first-order valence-electron chi connectivity index (χ1n) is 6.29. The quantitative estimate of drug-likeness (QED) is 0.881. The van der Waals surface area contributed by atoms with E-state index in [0.717, 1.165) is 11.3 Å². The summed E-state index contributed by atoms with van der Waals surface area (Å²) in [5.41, 5.74) is 2.01. The molecule has 1 saturated heterocycles. The fraction of sp³-hybridized carbons (Fsp3) is 0.429. The van der Waals surface area contributed by atoms with Gasteiger partial charge in [-0.05, 0) is 38.0 Å². The van der Waals surface area contributed by atoms with Crippen LogP contribution in [-0.2, 0) is 9.59 Å². The second-order valence-electron chi connectivity index (χ2n) is 4.58. The molecule has 1 heterocycles. The van der Waals surface area contributed by atoms with E-state index in [1.807, 2.05) is 38.1 Å². The first-order chi connectivity index (χ1) is 8.61. The number of likely N-dealkylation sites (N-methyl/N-ethyl adjacent to an activating group) is 1. The van der Waals surface area contributed by atoms with Crippen molar-refractivity contribution in [2.45, 2.75) is 32.7 Å². The molecule has 0 saturated carbocycles. The third-order valence-corrected chi connectivity index (χ3v) is 3.19. The maximum Gasteiger partial charge on any atom is 0.249 e. The molecule has 0 spiro atoms. The Kier molecular flexibility index (Phi) is 3.65. The fourth-order valence-electron chi connectivity index (χ4n) is 2.25. The van der Waals surface area contributed by atoms with Crippen LogP contribution in [0.25, 0.3) is 0 Å². The van der Waals surface area contributed by atoms with Crippen molar-refractivity contribution in [2.24, 2.45) is 0 Å². The minimum Gasteiger partial charge on any atom is -0.344 e. The standard InChI is InChI=1S/C14H18N2O2/c1-3-16(11-6-4-5-10(2)9-11)14(18)12-7-8-13(17)15-12/h4-6,9,12H,3,7-8H2,1-2H3,(H,15,17). The molecule has 1 unspecified atom stereocenters. The highest BCUT2D eigenvalue weighted by atomic mass is 16.2. The number of amides is 2. The molecule has 0 aliphatic carbocycles. The molecular formula is C14H18N2O2. The Labute approximate surface area is 107 Å². The minimum absolute atomic E-state index is 0.0195. The van der Waals surface area contributed by atoms with Crippen LogP contribution >= 0.6 is 0 Å². The van der Waals surface area contributed by atoms with E-state index in [-0.39, 0.29) is 17.9 Å². The maximum absolute atomic E-state index is 12.3. The molecular weight excluding hydrogens is 228 g/mol. The average molecular weight is 246 g/mol. The van der Waals surface area contributed by atoms with Crippen LogP contribution in [0, 0.1) is 6.92 Å². The number of hydrogen-bond donors (Lipinski definition) is 1. The molecule has 1 aromatic rings. The topological polar surface area (TPSA) is 49.4 Å². The van der Waals surface area contributed by atoms with Crippen molar-refractivity contribution in [3.63, 3.8) is 0 Å². The van der Waals surface area contributed by atoms with Crippen LogP contribution < -0.4 is 10.2 Å². The molecule has 1 aliphatic heterocycles. The Morgan fingerprint density at radius 1 is 1.50 bits per heavy atom. The van der Waals surface area contributed by atoms with Gasteiger partial charge in [0, 0.05) is 18.7 Å². The van der Waals surface area contributed by atoms with Gasteiger partial charge >= 0.3 is 0 Å². The number of anilines is 1. The van der Waals surface area contributed by atoms with E-state index in [0.29, 0.717) is 19.4 Å². The van der Waals surface area contributed by atoms with E-state index in [1.165, 1.54) is 0 Å². The van der Waals surface area contributed by atoms with Gasteiger partial charge in [-0.1, -0.05) is 12.1 Å². The molecule has 2 amide bonds. The second kappa shape index (κ2) is 5.21. The Hall–Kier alpha value is -1.84. The van der Waals surface area contributed by atoms with Crippen molar-refractivity contribution < 1.29 is 9.59 Å². The predicted molar refractivity (Wildman–Crippen MR) is 70.4 cm³/mol. The molecule has 0 radical (unpaired) electrons. The van der Waals surface area contributed by atoms with Gasteiger partial charge in [-0.15, -0.1) is 0 Å². The van der Waals surface area contributed by atoms with Crippen LogP contribution in [0.15, 0.2) is 24.3 Å². The summed E-state index contributed by atoms with van der Waals surface area (Å²) in [6.07, 6.45) is 1.04. The van der Waals surface area contributed by atoms with Gasteiger partial charge in [0.25, 0.3) is 0 Å². The van der Waals surface area contributed by atoms with Gasteiger partial charge in [0.1, 0.15) is 6.04 Å². The number of rotatable bonds is 3. The third kappa shape index (κ3) is 2.53. The highest BCUT2D eigenvalue weighted by Crippen LogP contribution is 2.19. The molecule has 4 nitrogen and oxygen atoms in total. The van der Waals surface area contributed by atoms with Crippen molar-refractivity contribution in [3.05, 3.63) is 29.8 Å². The Balaban J connectivity index is 2.18. The zero-order valence-corrected chi connectivity index (χ0v) is 10.8. The lowest BCUT2D eigenvalue weighted by molar-refractivity contribution is -0.124. The summed E-state index contributed by atoms with van der Waals surface area (Å²) in [5.74, 6) is -0.0532. The van der Waals surface area contributed by atoms with Crippen LogP contribution in [-0.4, -0.2) is 24.4 Å². The lowest BCUT2D eigenvalue weighted by atomic mass is 10.1. The van der Waals surface area contributed by atoms with Gasteiger partial charge in [0.05, 0.1) is 0 Å². The molecule has 2 rings (SSSR count). The number of aryl methyl sites for hydroxylation is 1. The molecule has 1 aromatic carbocycles. The van der Waals surface area contributed by atoms with E-state index < -0.39 is 0 Å². The monoisotopic (exact) mass is 246 g/mol. The summed E-state index contributed by atoms with van der Waals surface area (Å²) in [7, 11) is 0. The Bertz CT molecular complexity index is 471.